The van der Waals surface area contributed by atoms with Crippen LogP contribution in [-0.2, 0) is 9.59 Å². The van der Waals surface area contributed by atoms with Gasteiger partial charge in [0.2, 0.25) is 11.8 Å². The van der Waals surface area contributed by atoms with Crippen molar-refractivity contribution in [3.8, 4) is 0 Å². The van der Waals surface area contributed by atoms with Gasteiger partial charge < -0.3 is 16.0 Å². The van der Waals surface area contributed by atoms with E-state index in [-0.39, 0.29) is 17.9 Å². The quantitative estimate of drug-likeness (QED) is 0.419. The molecule has 7 nitrogen and oxygen atoms in total. The topological polar surface area (TPSA) is 112 Å². The summed E-state index contributed by atoms with van der Waals surface area (Å²) in [6, 6.07) is 5.18. The summed E-state index contributed by atoms with van der Waals surface area (Å²) in [6.45, 7) is 1.17. The second-order valence-electron chi connectivity index (χ2n) is 6.83. The molecule has 1 fully saturated rings. The maximum absolute atomic E-state index is 12.4. The lowest BCUT2D eigenvalue weighted by Gasteiger charge is -2.31. The molecule has 1 aromatic rings. The van der Waals surface area contributed by atoms with Crippen molar-refractivity contribution in [1.29, 1.82) is 5.53 Å². The van der Waals surface area contributed by atoms with Crippen molar-refractivity contribution in [3.05, 3.63) is 51.8 Å². The summed E-state index contributed by atoms with van der Waals surface area (Å²) < 4.78 is 0. The van der Waals surface area contributed by atoms with E-state index < -0.39 is 0 Å². The maximum Gasteiger partial charge on any atom is 0.246 e. The zero-order valence-electron chi connectivity index (χ0n) is 16.0. The van der Waals surface area contributed by atoms with Crippen molar-refractivity contribution >= 4 is 41.1 Å². The zero-order valence-corrected chi connectivity index (χ0v) is 17.5. The molecule has 0 radical (unpaired) electrons. The normalized spacial score (nSPS) is 15.5. The molecule has 0 spiro atoms. The van der Waals surface area contributed by atoms with Crippen LogP contribution in [0.15, 0.2) is 41.3 Å². The van der Waals surface area contributed by atoms with E-state index in [4.69, 9.17) is 34.5 Å². The second kappa shape index (κ2) is 11.6. The Bertz CT molecular complexity index is 782. The van der Waals surface area contributed by atoms with Crippen LogP contribution in [0.4, 0.5) is 0 Å². The Morgan fingerprint density at radius 2 is 1.86 bits per heavy atom. The maximum atomic E-state index is 12.4. The number of rotatable bonds is 8. The van der Waals surface area contributed by atoms with Gasteiger partial charge in [0.05, 0.1) is 5.70 Å². The average molecular weight is 438 g/mol. The van der Waals surface area contributed by atoms with E-state index in [0.717, 1.165) is 5.56 Å². The number of nitrogens with one attached hydrogen (secondary N) is 2. The van der Waals surface area contributed by atoms with E-state index in [2.05, 4.69) is 10.4 Å². The van der Waals surface area contributed by atoms with E-state index in [1.54, 1.807) is 29.2 Å². The third-order valence-electron chi connectivity index (χ3n) is 4.65. The highest BCUT2D eigenvalue weighted by atomic mass is 35.5. The molecule has 1 aliphatic heterocycles. The number of hydrogen-bond acceptors (Lipinski definition) is 5. The van der Waals surface area contributed by atoms with Gasteiger partial charge in [0, 0.05) is 47.9 Å². The lowest BCUT2D eigenvalue weighted by atomic mass is 10.0. The van der Waals surface area contributed by atoms with E-state index in [9.17, 15) is 9.59 Å². The van der Waals surface area contributed by atoms with Crippen molar-refractivity contribution in [2.24, 2.45) is 10.8 Å². The minimum absolute atomic E-state index is 0.0335. The fraction of sp³-hybridized carbons (Fsp3) is 0.400. The molecule has 29 heavy (non-hydrogen) atoms. The highest BCUT2D eigenvalue weighted by Crippen LogP contribution is 2.20. The van der Waals surface area contributed by atoms with Gasteiger partial charge >= 0.3 is 0 Å². The van der Waals surface area contributed by atoms with Gasteiger partial charge in [-0.15, -0.1) is 0 Å². The second-order valence-corrected chi connectivity index (χ2v) is 7.70. The summed E-state index contributed by atoms with van der Waals surface area (Å²) in [6.07, 6.45) is 7.37. The summed E-state index contributed by atoms with van der Waals surface area (Å²) in [5.74, 6) is -0.111. The number of hydrogen-bond donors (Lipinski definition) is 3. The Balaban J connectivity index is 1.73. The first-order chi connectivity index (χ1) is 13.9. The molecule has 0 atom stereocenters. The third-order valence-corrected chi connectivity index (χ3v) is 5.08. The molecule has 0 saturated carbocycles. The molecule has 0 unspecified atom stereocenters. The number of carbonyl (C=O) groups excluding carboxylic acids is 2. The predicted molar refractivity (Wildman–Crippen MR) is 115 cm³/mol. The summed E-state index contributed by atoms with van der Waals surface area (Å²) >= 11 is 11.9. The van der Waals surface area contributed by atoms with E-state index >= 15 is 0 Å². The van der Waals surface area contributed by atoms with Crippen LogP contribution in [0, 0.1) is 5.53 Å². The number of benzene rings is 1. The molecule has 1 heterocycles. The highest BCUT2D eigenvalue weighted by Gasteiger charge is 2.22. The predicted octanol–water partition coefficient (Wildman–Crippen LogP) is 4.12. The number of nitrogens with zero attached hydrogens (tertiary/aromatic N) is 2. The summed E-state index contributed by atoms with van der Waals surface area (Å²) in [7, 11) is 0. The number of allylic oxidation sites excluding steroid dienone is 1. The SMILES string of the molecule is N=N/C(=C\N)CCCC(=O)NC1CCN(C(=O)/C=C/c2cc(Cl)cc(Cl)c2)CC1. The molecule has 2 amide bonds. The Morgan fingerprint density at radius 1 is 1.21 bits per heavy atom. The highest BCUT2D eigenvalue weighted by molar-refractivity contribution is 6.34. The van der Waals surface area contributed by atoms with Crippen LogP contribution >= 0.6 is 23.2 Å². The standard InChI is InChI=1S/C20H25Cl2N5O2/c21-15-10-14(11-16(22)12-15)4-5-20(29)27-8-6-17(7-9-27)25-19(28)3-1-2-18(13-23)26-24/h4-5,10-13,17,24H,1-3,6-9,23H2,(H,25,28)/b5-4+,18-13-,26-24?. The Morgan fingerprint density at radius 3 is 2.45 bits per heavy atom. The van der Waals surface area contributed by atoms with Gasteiger partial charge in [-0.1, -0.05) is 23.2 Å². The molecule has 1 aliphatic rings. The van der Waals surface area contributed by atoms with Crippen LogP contribution in [0.5, 0.6) is 0 Å². The molecule has 0 aromatic heterocycles. The molecule has 0 aliphatic carbocycles. The minimum Gasteiger partial charge on any atom is -0.403 e. The van der Waals surface area contributed by atoms with Crippen LogP contribution in [0.1, 0.15) is 37.7 Å². The van der Waals surface area contributed by atoms with Crippen LogP contribution < -0.4 is 11.1 Å². The van der Waals surface area contributed by atoms with E-state index in [0.29, 0.717) is 60.9 Å². The van der Waals surface area contributed by atoms with Crippen molar-refractivity contribution in [3.63, 3.8) is 0 Å². The van der Waals surface area contributed by atoms with Crippen molar-refractivity contribution in [1.82, 2.24) is 10.2 Å². The van der Waals surface area contributed by atoms with Crippen LogP contribution in [0.25, 0.3) is 6.08 Å². The van der Waals surface area contributed by atoms with E-state index in [1.807, 2.05) is 0 Å². The molecule has 2 rings (SSSR count). The largest absolute Gasteiger partial charge is 0.403 e. The summed E-state index contributed by atoms with van der Waals surface area (Å²) in [4.78, 5) is 26.2. The van der Waals surface area contributed by atoms with Crippen molar-refractivity contribution in [2.75, 3.05) is 13.1 Å². The molecular formula is C20H25Cl2N5O2. The summed E-state index contributed by atoms with van der Waals surface area (Å²) in [5, 5.41) is 7.33. The van der Waals surface area contributed by atoms with Crippen LogP contribution in [0.2, 0.25) is 10.0 Å². The lowest BCUT2D eigenvalue weighted by molar-refractivity contribution is -0.127. The molecule has 0 bridgehead atoms. The Hall–Kier alpha value is -2.38. The van der Waals surface area contributed by atoms with Gasteiger partial charge in [0.15, 0.2) is 0 Å². The molecule has 9 heteroatoms. The first-order valence-electron chi connectivity index (χ1n) is 9.42. The van der Waals surface area contributed by atoms with Gasteiger partial charge in [-0.3, -0.25) is 9.59 Å². The fourth-order valence-electron chi connectivity index (χ4n) is 3.09. The lowest BCUT2D eigenvalue weighted by Crippen LogP contribution is -2.46. The fourth-order valence-corrected chi connectivity index (χ4v) is 3.64. The van der Waals surface area contributed by atoms with Crippen molar-refractivity contribution in [2.45, 2.75) is 38.1 Å². The number of halogens is 2. The van der Waals surface area contributed by atoms with Gasteiger partial charge in [0.1, 0.15) is 0 Å². The molecule has 1 saturated heterocycles. The molecular weight excluding hydrogens is 413 g/mol. The average Bonchev–Trinajstić information content (AvgIpc) is 2.69. The third kappa shape index (κ3) is 7.87. The van der Waals surface area contributed by atoms with Gasteiger partial charge in [-0.25, -0.2) is 5.53 Å². The first-order valence-corrected chi connectivity index (χ1v) is 10.2. The number of piperidine rings is 1. The van der Waals surface area contributed by atoms with E-state index in [1.165, 1.54) is 12.3 Å². The first kappa shape index (κ1) is 22.9. The minimum atomic E-state index is -0.0777. The van der Waals surface area contributed by atoms with Crippen molar-refractivity contribution < 1.29 is 9.59 Å². The Kier molecular flexibility index (Phi) is 9.15. The van der Waals surface area contributed by atoms with Crippen LogP contribution in [0.3, 0.4) is 0 Å². The number of nitrogens with two attached hydrogens (primary N) is 1. The zero-order chi connectivity index (χ0) is 21.2. The van der Waals surface area contributed by atoms with Gasteiger partial charge in [-0.05, 0) is 55.5 Å². The van der Waals surface area contributed by atoms with Gasteiger partial charge in [-0.2, -0.15) is 5.11 Å². The molecule has 156 valence electrons. The number of likely N-dealkylation sites (tertiary alicyclic amines) is 1. The molecule has 1 aromatic carbocycles. The Labute approximate surface area is 180 Å². The van der Waals surface area contributed by atoms with Gasteiger partial charge in [0.25, 0.3) is 0 Å². The number of carbonyl (C=O) groups is 2. The number of amides is 2. The summed E-state index contributed by atoms with van der Waals surface area (Å²) in [5.41, 5.74) is 13.5. The molecule has 4 N–H and O–H groups in total. The smallest absolute Gasteiger partial charge is 0.246 e. The monoisotopic (exact) mass is 437 g/mol. The van der Waals surface area contributed by atoms with Crippen LogP contribution in [-0.4, -0.2) is 35.8 Å².